The molecule has 1 unspecified atom stereocenters. The van der Waals surface area contributed by atoms with Crippen molar-refractivity contribution >= 4 is 5.78 Å². The van der Waals surface area contributed by atoms with Gasteiger partial charge in [-0.1, -0.05) is 18.6 Å². The van der Waals surface area contributed by atoms with Crippen LogP contribution in [0.3, 0.4) is 0 Å². The van der Waals surface area contributed by atoms with Gasteiger partial charge in [-0.3, -0.25) is 4.79 Å². The van der Waals surface area contributed by atoms with Crippen molar-refractivity contribution in [2.75, 3.05) is 14.2 Å². The smallest absolute Gasteiger partial charge is 0.165 e. The molecule has 3 nitrogen and oxygen atoms in total. The van der Waals surface area contributed by atoms with Gasteiger partial charge in [0, 0.05) is 17.4 Å². The summed E-state index contributed by atoms with van der Waals surface area (Å²) >= 11 is 0. The lowest BCUT2D eigenvalue weighted by molar-refractivity contribution is -0.115. The topological polar surface area (TPSA) is 35.5 Å². The van der Waals surface area contributed by atoms with Gasteiger partial charge in [0.2, 0.25) is 0 Å². The Hall–Kier alpha value is -1.77. The second-order valence-electron chi connectivity index (χ2n) is 5.80. The Bertz CT molecular complexity index is 600. The minimum Gasteiger partial charge on any atom is -0.493 e. The largest absolute Gasteiger partial charge is 0.493 e. The van der Waals surface area contributed by atoms with Crippen LogP contribution in [-0.4, -0.2) is 20.0 Å². The van der Waals surface area contributed by atoms with Crippen LogP contribution >= 0.6 is 0 Å². The molecule has 0 saturated heterocycles. The van der Waals surface area contributed by atoms with Gasteiger partial charge in [-0.05, 0) is 37.0 Å². The third kappa shape index (κ3) is 1.76. The minimum atomic E-state index is -0.0959. The van der Waals surface area contributed by atoms with E-state index < -0.39 is 0 Å². The molecule has 106 valence electrons. The number of benzene rings is 1. The van der Waals surface area contributed by atoms with E-state index in [4.69, 9.17) is 9.47 Å². The number of fused-ring (bicyclic) bond motifs is 3. The fourth-order valence-electron chi connectivity index (χ4n) is 3.64. The first-order chi connectivity index (χ1) is 9.60. The van der Waals surface area contributed by atoms with Crippen molar-refractivity contribution in [1.82, 2.24) is 0 Å². The van der Waals surface area contributed by atoms with E-state index in [0.717, 1.165) is 30.8 Å². The van der Waals surface area contributed by atoms with Gasteiger partial charge < -0.3 is 9.47 Å². The molecule has 0 amide bonds. The summed E-state index contributed by atoms with van der Waals surface area (Å²) < 4.78 is 11.1. The highest BCUT2D eigenvalue weighted by Gasteiger charge is 2.41. The molecule has 1 aromatic rings. The van der Waals surface area contributed by atoms with Crippen LogP contribution in [0.15, 0.2) is 23.8 Å². The Kier molecular flexibility index (Phi) is 3.08. The van der Waals surface area contributed by atoms with Crippen LogP contribution in [0.25, 0.3) is 0 Å². The summed E-state index contributed by atoms with van der Waals surface area (Å²) in [4.78, 5) is 11.7. The van der Waals surface area contributed by atoms with Crippen LogP contribution in [0.2, 0.25) is 0 Å². The summed E-state index contributed by atoms with van der Waals surface area (Å²) in [6.07, 6.45) is 5.24. The molecule has 3 heteroatoms. The van der Waals surface area contributed by atoms with Crippen molar-refractivity contribution in [1.29, 1.82) is 0 Å². The molecule has 0 spiro atoms. The number of allylic oxidation sites excluding steroid dienone is 2. The molecular formula is C17H20O3. The number of aryl methyl sites for hydroxylation is 1. The summed E-state index contributed by atoms with van der Waals surface area (Å²) in [6, 6.07) is 4.11. The fraction of sp³-hybridized carbons (Fsp3) is 0.471. The summed E-state index contributed by atoms with van der Waals surface area (Å²) in [5.74, 6) is 1.85. The number of rotatable bonds is 2. The van der Waals surface area contributed by atoms with Gasteiger partial charge in [0.1, 0.15) is 0 Å². The minimum absolute atomic E-state index is 0.0959. The van der Waals surface area contributed by atoms with Crippen molar-refractivity contribution in [2.24, 2.45) is 0 Å². The van der Waals surface area contributed by atoms with Crippen LogP contribution in [0.5, 0.6) is 11.5 Å². The summed E-state index contributed by atoms with van der Waals surface area (Å²) in [7, 11) is 3.35. The van der Waals surface area contributed by atoms with Crippen LogP contribution in [0.4, 0.5) is 0 Å². The average Bonchev–Trinajstić information content (AvgIpc) is 2.46. The van der Waals surface area contributed by atoms with E-state index in [1.807, 2.05) is 12.1 Å². The molecule has 0 aromatic heterocycles. The number of hydrogen-bond donors (Lipinski definition) is 0. The summed E-state index contributed by atoms with van der Waals surface area (Å²) in [5.41, 5.74) is 3.68. The second kappa shape index (κ2) is 4.65. The number of ketones is 1. The molecule has 0 radical (unpaired) electrons. The highest BCUT2D eigenvalue weighted by atomic mass is 16.5. The molecule has 0 N–H and O–H groups in total. The summed E-state index contributed by atoms with van der Waals surface area (Å²) in [5, 5.41) is 0. The van der Waals surface area contributed by atoms with Gasteiger partial charge in [0.05, 0.1) is 14.2 Å². The van der Waals surface area contributed by atoms with E-state index in [9.17, 15) is 4.79 Å². The first-order valence-electron chi connectivity index (χ1n) is 7.08. The third-order valence-electron chi connectivity index (χ3n) is 4.76. The van der Waals surface area contributed by atoms with E-state index in [-0.39, 0.29) is 11.2 Å². The van der Waals surface area contributed by atoms with Gasteiger partial charge in [-0.15, -0.1) is 0 Å². The monoisotopic (exact) mass is 272 g/mol. The molecule has 1 aromatic carbocycles. The Labute approximate surface area is 119 Å². The zero-order valence-electron chi connectivity index (χ0n) is 12.3. The second-order valence-corrected chi connectivity index (χ2v) is 5.80. The highest BCUT2D eigenvalue weighted by Crippen LogP contribution is 2.52. The number of carbonyl (C=O) groups excluding carboxylic acids is 1. The molecule has 2 aliphatic rings. The lowest BCUT2D eigenvalue weighted by atomic mass is 9.62. The fourth-order valence-corrected chi connectivity index (χ4v) is 3.64. The van der Waals surface area contributed by atoms with E-state index in [2.05, 4.69) is 13.0 Å². The maximum Gasteiger partial charge on any atom is 0.165 e. The average molecular weight is 272 g/mol. The maximum absolute atomic E-state index is 11.7. The quantitative estimate of drug-likeness (QED) is 0.829. The Morgan fingerprint density at radius 2 is 1.90 bits per heavy atom. The van der Waals surface area contributed by atoms with Crippen LogP contribution in [0.1, 0.15) is 37.3 Å². The van der Waals surface area contributed by atoms with Crippen molar-refractivity contribution in [3.05, 3.63) is 34.9 Å². The summed E-state index contributed by atoms with van der Waals surface area (Å²) in [6.45, 7) is 2.23. The third-order valence-corrected chi connectivity index (χ3v) is 4.76. The van der Waals surface area contributed by atoms with Crippen LogP contribution < -0.4 is 9.47 Å². The molecule has 20 heavy (non-hydrogen) atoms. The first kappa shape index (κ1) is 13.2. The van der Waals surface area contributed by atoms with Crippen molar-refractivity contribution in [3.8, 4) is 11.5 Å². The van der Waals surface area contributed by atoms with E-state index in [1.165, 1.54) is 16.7 Å². The van der Waals surface area contributed by atoms with Crippen molar-refractivity contribution in [3.63, 3.8) is 0 Å². The first-order valence-corrected chi connectivity index (χ1v) is 7.08. The zero-order valence-corrected chi connectivity index (χ0v) is 12.3. The van der Waals surface area contributed by atoms with Gasteiger partial charge in [0.25, 0.3) is 0 Å². The Balaban J connectivity index is 2.25. The molecule has 0 saturated carbocycles. The predicted octanol–water partition coefficient (Wildman–Crippen LogP) is 3.20. The lowest BCUT2D eigenvalue weighted by Crippen LogP contribution is -2.34. The molecule has 0 fully saturated rings. The molecular weight excluding hydrogens is 252 g/mol. The van der Waals surface area contributed by atoms with Crippen molar-refractivity contribution < 1.29 is 14.3 Å². The molecule has 0 aliphatic heterocycles. The standard InChI is InChI=1S/C17H20O3/c1-17-9-8-13(18)10-12(17)6-4-11-5-7-14(19-2)16(20-3)15(11)17/h5,7,10H,4,6,8-9H2,1-3H3. The Morgan fingerprint density at radius 1 is 1.10 bits per heavy atom. The maximum atomic E-state index is 11.7. The number of hydrogen-bond acceptors (Lipinski definition) is 3. The van der Waals surface area contributed by atoms with E-state index in [0.29, 0.717) is 6.42 Å². The zero-order chi connectivity index (χ0) is 14.3. The predicted molar refractivity (Wildman–Crippen MR) is 77.5 cm³/mol. The molecule has 0 bridgehead atoms. The van der Waals surface area contributed by atoms with Gasteiger partial charge >= 0.3 is 0 Å². The SMILES string of the molecule is COc1ccc2c(c1OC)C1(C)CCC(=O)C=C1CC2. The normalized spacial score (nSPS) is 24.6. The Morgan fingerprint density at radius 3 is 2.60 bits per heavy atom. The van der Waals surface area contributed by atoms with Gasteiger partial charge in [0.15, 0.2) is 17.3 Å². The van der Waals surface area contributed by atoms with Crippen LogP contribution in [0, 0.1) is 0 Å². The molecule has 0 heterocycles. The lowest BCUT2D eigenvalue weighted by Gasteiger charge is -2.41. The highest BCUT2D eigenvalue weighted by molar-refractivity contribution is 5.92. The molecule has 1 atom stereocenters. The molecule has 3 rings (SSSR count). The van der Waals surface area contributed by atoms with E-state index in [1.54, 1.807) is 14.2 Å². The van der Waals surface area contributed by atoms with Gasteiger partial charge in [-0.25, -0.2) is 0 Å². The number of carbonyl (C=O) groups is 1. The van der Waals surface area contributed by atoms with Crippen LogP contribution in [-0.2, 0) is 16.6 Å². The number of ether oxygens (including phenoxy) is 2. The van der Waals surface area contributed by atoms with E-state index >= 15 is 0 Å². The number of methoxy groups -OCH3 is 2. The van der Waals surface area contributed by atoms with Gasteiger partial charge in [-0.2, -0.15) is 0 Å². The van der Waals surface area contributed by atoms with Crippen molar-refractivity contribution in [2.45, 2.75) is 38.0 Å². The molecule has 2 aliphatic carbocycles.